The predicted molar refractivity (Wildman–Crippen MR) is 140 cm³/mol. The summed E-state index contributed by atoms with van der Waals surface area (Å²) in [7, 11) is 1.66. The molecule has 0 aliphatic carbocycles. The number of para-hydroxylation sites is 1. The molecule has 3 aromatic rings. The summed E-state index contributed by atoms with van der Waals surface area (Å²) in [6, 6.07) is 17.0. The Bertz CT molecular complexity index is 1200. The van der Waals surface area contributed by atoms with E-state index in [2.05, 4.69) is 66.9 Å². The van der Waals surface area contributed by atoms with Gasteiger partial charge in [0.05, 0.1) is 38.9 Å². The first-order valence-corrected chi connectivity index (χ1v) is 13.1. The van der Waals surface area contributed by atoms with Gasteiger partial charge in [0.1, 0.15) is 17.5 Å². The Labute approximate surface area is 213 Å². The van der Waals surface area contributed by atoms with Crippen LogP contribution in [0.15, 0.2) is 54.7 Å². The fourth-order valence-corrected chi connectivity index (χ4v) is 5.87. The quantitative estimate of drug-likeness (QED) is 0.537. The van der Waals surface area contributed by atoms with Crippen LogP contribution >= 0.6 is 0 Å². The lowest BCUT2D eigenvalue weighted by Gasteiger charge is -2.46. The minimum absolute atomic E-state index is 0.0762. The van der Waals surface area contributed by atoms with Crippen molar-refractivity contribution in [1.82, 2.24) is 20.3 Å². The zero-order valence-electron chi connectivity index (χ0n) is 21.8. The Hall–Kier alpha value is -3.19. The molecule has 0 radical (unpaired) electrons. The third-order valence-electron chi connectivity index (χ3n) is 8.03. The van der Waals surface area contributed by atoms with Crippen LogP contribution in [0.2, 0.25) is 0 Å². The van der Waals surface area contributed by atoms with E-state index in [1.807, 2.05) is 28.9 Å². The predicted octanol–water partition coefficient (Wildman–Crippen LogP) is 2.86. The topological polar surface area (TPSA) is 73.5 Å². The average Bonchev–Trinajstić information content (AvgIpc) is 3.36. The molecule has 2 aromatic carbocycles. The monoisotopic (exact) mass is 488 g/mol. The number of quaternary nitrogens is 1. The number of fused-ring (bicyclic) bond motifs is 3. The molecule has 7 heteroatoms. The van der Waals surface area contributed by atoms with Gasteiger partial charge in [0.15, 0.2) is 0 Å². The fraction of sp³-hybridized carbons (Fsp3) is 0.483. The number of ether oxygens (including phenoxy) is 1. The summed E-state index contributed by atoms with van der Waals surface area (Å²) in [5, 5.41) is 12.1. The van der Waals surface area contributed by atoms with Crippen molar-refractivity contribution in [3.8, 4) is 17.0 Å². The summed E-state index contributed by atoms with van der Waals surface area (Å²) >= 11 is 0. The van der Waals surface area contributed by atoms with Crippen LogP contribution in [-0.2, 0) is 23.3 Å². The molecule has 7 nitrogen and oxygen atoms in total. The van der Waals surface area contributed by atoms with E-state index in [1.54, 1.807) is 7.11 Å². The van der Waals surface area contributed by atoms with E-state index in [1.165, 1.54) is 10.5 Å². The number of carbonyl (C=O) groups is 1. The van der Waals surface area contributed by atoms with Crippen LogP contribution in [0.25, 0.3) is 11.3 Å². The van der Waals surface area contributed by atoms with Gasteiger partial charge in [-0.05, 0) is 23.0 Å². The van der Waals surface area contributed by atoms with E-state index >= 15 is 0 Å². The van der Waals surface area contributed by atoms with Crippen LogP contribution in [0, 0.1) is 11.8 Å². The highest BCUT2D eigenvalue weighted by molar-refractivity contribution is 5.79. The maximum absolute atomic E-state index is 13.1. The van der Waals surface area contributed by atoms with E-state index < -0.39 is 0 Å². The van der Waals surface area contributed by atoms with Gasteiger partial charge in [-0.1, -0.05) is 68.4 Å². The van der Waals surface area contributed by atoms with Crippen molar-refractivity contribution in [2.75, 3.05) is 20.2 Å². The summed E-state index contributed by atoms with van der Waals surface area (Å²) in [4.78, 5) is 14.6. The Kier molecular flexibility index (Phi) is 6.84. The molecular formula is C29H38N5O2+. The van der Waals surface area contributed by atoms with Gasteiger partial charge >= 0.3 is 0 Å². The first-order chi connectivity index (χ1) is 17.3. The van der Waals surface area contributed by atoms with Crippen LogP contribution in [0.4, 0.5) is 0 Å². The molecule has 3 saturated heterocycles. The summed E-state index contributed by atoms with van der Waals surface area (Å²) in [6.07, 6.45) is 4.23. The Balaban J connectivity index is 1.18. The third kappa shape index (κ3) is 5.16. The lowest BCUT2D eigenvalue weighted by Crippen LogP contribution is -3.20. The molecule has 190 valence electrons. The highest BCUT2D eigenvalue weighted by atomic mass is 16.5. The standard InChI is InChI=1S/C29H37N5O2/c1-29(2,3)23-11-9-20(10-12-23)26-19-34(32-31-26)17-24-15-21-13-14-33(24)18-25(21)28(35)30-16-22-7-5-6-8-27(22)36-4/h5-12,19,21,24-25H,13-18H2,1-4H3,(H,30,35)/p+1/t21-,24-,25+/m1/s1. The van der Waals surface area contributed by atoms with Gasteiger partial charge < -0.3 is 15.0 Å². The summed E-state index contributed by atoms with van der Waals surface area (Å²) in [5.41, 5.74) is 4.47. The number of piperidine rings is 3. The van der Waals surface area contributed by atoms with Crippen LogP contribution in [-0.4, -0.2) is 47.1 Å². The molecule has 1 amide bonds. The minimum atomic E-state index is 0.0762. The average molecular weight is 489 g/mol. The number of nitrogens with zero attached hydrogens (tertiary/aromatic N) is 3. The highest BCUT2D eigenvalue weighted by Crippen LogP contribution is 2.29. The third-order valence-corrected chi connectivity index (χ3v) is 8.03. The zero-order valence-corrected chi connectivity index (χ0v) is 21.8. The maximum atomic E-state index is 13.1. The second kappa shape index (κ2) is 10.1. The first-order valence-electron chi connectivity index (χ1n) is 13.1. The number of nitrogens with one attached hydrogen (secondary N) is 2. The number of hydrogen-bond donors (Lipinski definition) is 2. The van der Waals surface area contributed by atoms with Crippen molar-refractivity contribution < 1.29 is 14.4 Å². The molecule has 1 aromatic heterocycles. The molecule has 4 heterocycles. The Morgan fingerprint density at radius 2 is 1.94 bits per heavy atom. The second-order valence-electron chi connectivity index (χ2n) is 11.4. The molecule has 3 aliphatic rings. The molecule has 3 aliphatic heterocycles. The molecule has 2 bridgehead atoms. The van der Waals surface area contributed by atoms with Gasteiger partial charge in [-0.2, -0.15) is 0 Å². The lowest BCUT2D eigenvalue weighted by atomic mass is 9.75. The largest absolute Gasteiger partial charge is 0.496 e. The van der Waals surface area contributed by atoms with Gasteiger partial charge in [-0.3, -0.25) is 4.79 Å². The number of hydrogen-bond acceptors (Lipinski definition) is 4. The molecule has 0 saturated carbocycles. The first kappa shape index (κ1) is 24.5. The Morgan fingerprint density at radius 3 is 2.64 bits per heavy atom. The number of carbonyl (C=O) groups excluding carboxylic acids is 1. The van der Waals surface area contributed by atoms with Crippen molar-refractivity contribution in [2.24, 2.45) is 11.8 Å². The van der Waals surface area contributed by atoms with Crippen LogP contribution in [0.3, 0.4) is 0 Å². The van der Waals surface area contributed by atoms with E-state index in [9.17, 15) is 4.79 Å². The van der Waals surface area contributed by atoms with Crippen molar-refractivity contribution in [3.63, 3.8) is 0 Å². The number of methoxy groups -OCH3 is 1. The smallest absolute Gasteiger partial charge is 0.229 e. The molecule has 1 unspecified atom stereocenters. The van der Waals surface area contributed by atoms with E-state index in [4.69, 9.17) is 4.74 Å². The normalized spacial score (nSPS) is 23.4. The number of benzene rings is 2. The van der Waals surface area contributed by atoms with Gasteiger partial charge in [0.2, 0.25) is 5.91 Å². The van der Waals surface area contributed by atoms with Crippen molar-refractivity contribution in [3.05, 3.63) is 65.9 Å². The van der Waals surface area contributed by atoms with Crippen LogP contribution < -0.4 is 15.0 Å². The van der Waals surface area contributed by atoms with Gasteiger partial charge in [0.25, 0.3) is 0 Å². The van der Waals surface area contributed by atoms with Crippen molar-refractivity contribution in [2.45, 2.75) is 58.2 Å². The molecule has 36 heavy (non-hydrogen) atoms. The van der Waals surface area contributed by atoms with Crippen LogP contribution in [0.5, 0.6) is 5.75 Å². The number of rotatable bonds is 7. The lowest BCUT2D eigenvalue weighted by molar-refractivity contribution is -0.945. The maximum Gasteiger partial charge on any atom is 0.229 e. The summed E-state index contributed by atoms with van der Waals surface area (Å²) < 4.78 is 7.41. The molecular weight excluding hydrogens is 450 g/mol. The highest BCUT2D eigenvalue weighted by Gasteiger charge is 2.46. The molecule has 3 fully saturated rings. The molecule has 4 atom stereocenters. The van der Waals surface area contributed by atoms with Gasteiger partial charge in [0, 0.05) is 30.5 Å². The van der Waals surface area contributed by atoms with Crippen molar-refractivity contribution in [1.29, 1.82) is 0 Å². The summed E-state index contributed by atoms with van der Waals surface area (Å²) in [6.45, 7) is 10.0. The SMILES string of the molecule is COc1ccccc1CNC(=O)[C@H]1C[NH+]2CC[C@@H]1C[C@@H]2Cn1cc(-c2ccc(C(C)(C)C)cc2)nn1. The van der Waals surface area contributed by atoms with Crippen molar-refractivity contribution >= 4 is 5.91 Å². The zero-order chi connectivity index (χ0) is 25.3. The van der Waals surface area contributed by atoms with E-state index in [0.717, 1.165) is 55.0 Å². The van der Waals surface area contributed by atoms with Gasteiger partial charge in [-0.25, -0.2) is 4.68 Å². The number of amides is 1. The molecule has 2 N–H and O–H groups in total. The van der Waals surface area contributed by atoms with Gasteiger partial charge in [-0.15, -0.1) is 5.10 Å². The van der Waals surface area contributed by atoms with E-state index in [-0.39, 0.29) is 17.2 Å². The van der Waals surface area contributed by atoms with E-state index in [0.29, 0.717) is 18.5 Å². The number of aromatic nitrogens is 3. The fourth-order valence-electron chi connectivity index (χ4n) is 5.87. The molecule has 6 rings (SSSR count). The second-order valence-corrected chi connectivity index (χ2v) is 11.4. The summed E-state index contributed by atoms with van der Waals surface area (Å²) in [5.74, 6) is 1.49. The molecule has 0 spiro atoms. The Morgan fingerprint density at radius 1 is 1.17 bits per heavy atom. The van der Waals surface area contributed by atoms with Crippen LogP contribution in [0.1, 0.15) is 44.7 Å². The minimum Gasteiger partial charge on any atom is -0.496 e.